The Bertz CT molecular complexity index is 1310. The highest BCUT2D eigenvalue weighted by molar-refractivity contribution is 5.71. The van der Waals surface area contributed by atoms with Crippen LogP contribution in [-0.2, 0) is 28.6 Å². The van der Waals surface area contributed by atoms with Crippen LogP contribution in [0.15, 0.2) is 60.8 Å². The summed E-state index contributed by atoms with van der Waals surface area (Å²) in [5, 5.41) is 0. The molecule has 448 valence electrons. The van der Waals surface area contributed by atoms with E-state index in [9.17, 15) is 14.4 Å². The maximum absolute atomic E-state index is 12.9. The Kier molecular flexibility index (Phi) is 63.2. The minimum absolute atomic E-state index is 0.0920. The van der Waals surface area contributed by atoms with E-state index in [0.29, 0.717) is 19.3 Å². The summed E-state index contributed by atoms with van der Waals surface area (Å²) in [5.41, 5.74) is 0. The number of esters is 3. The summed E-state index contributed by atoms with van der Waals surface area (Å²) in [6.45, 7) is 6.55. The molecule has 77 heavy (non-hydrogen) atoms. The molecule has 0 saturated heterocycles. The van der Waals surface area contributed by atoms with Crippen LogP contribution >= 0.6 is 0 Å². The maximum Gasteiger partial charge on any atom is 0.306 e. The number of carbonyl (C=O) groups excluding carboxylic acids is 3. The molecular weight excluding hydrogens is 949 g/mol. The predicted molar refractivity (Wildman–Crippen MR) is 335 cm³/mol. The standard InChI is InChI=1S/C71H128O6/c1-4-7-10-13-16-19-22-25-28-31-33-35-37-40-42-45-48-51-54-57-60-63-69(72)75-66-68(77-71(74)65-62-59-56-53-50-47-44-39-30-27-24-21-18-15-12-9-6-3)67-76-70(73)64-61-58-55-52-49-46-43-41-38-36-34-32-29-26-23-20-17-14-11-8-5-2/h9,12,18,21,27,30,44,47,53,56,68H,4-8,10-11,13-17,19-20,22-26,28-29,31-43,45-46,48-52,54-55,57-67H2,1-3H3/b12-9-,21-18-,30-27-,47-44-,56-53-. The lowest BCUT2D eigenvalue weighted by Gasteiger charge is -2.18. The van der Waals surface area contributed by atoms with Crippen molar-refractivity contribution in [1.82, 2.24) is 0 Å². The molecule has 0 amide bonds. The molecule has 0 aromatic heterocycles. The topological polar surface area (TPSA) is 78.9 Å². The van der Waals surface area contributed by atoms with Crippen molar-refractivity contribution in [2.75, 3.05) is 13.2 Å². The van der Waals surface area contributed by atoms with Crippen molar-refractivity contribution >= 4 is 17.9 Å². The van der Waals surface area contributed by atoms with Gasteiger partial charge in [0.05, 0.1) is 0 Å². The summed E-state index contributed by atoms with van der Waals surface area (Å²) in [6, 6.07) is 0. The SMILES string of the molecule is CC/C=C\C/C=C\C/C=C\C/C=C\C/C=C\CCCC(=O)OC(COC(=O)CCCCCCCCCCCCCCCCCCCCCCC)COC(=O)CCCCCCCCCCCCCCCCCCCCCCC. The lowest BCUT2D eigenvalue weighted by atomic mass is 10.0. The third-order valence-electron chi connectivity index (χ3n) is 15.0. The van der Waals surface area contributed by atoms with Gasteiger partial charge in [0, 0.05) is 19.3 Å². The first-order valence-corrected chi connectivity index (χ1v) is 33.8. The molecule has 0 N–H and O–H groups in total. The van der Waals surface area contributed by atoms with E-state index in [1.165, 1.54) is 231 Å². The van der Waals surface area contributed by atoms with Gasteiger partial charge in [-0.1, -0.05) is 338 Å². The van der Waals surface area contributed by atoms with Crippen LogP contribution in [0.1, 0.15) is 355 Å². The highest BCUT2D eigenvalue weighted by Gasteiger charge is 2.19. The van der Waals surface area contributed by atoms with Crippen LogP contribution in [0, 0.1) is 0 Å². The second kappa shape index (κ2) is 65.6. The van der Waals surface area contributed by atoms with Crippen LogP contribution in [0.2, 0.25) is 0 Å². The van der Waals surface area contributed by atoms with Gasteiger partial charge in [-0.3, -0.25) is 14.4 Å². The zero-order chi connectivity index (χ0) is 55.7. The van der Waals surface area contributed by atoms with E-state index in [1.54, 1.807) is 0 Å². The molecule has 0 aliphatic rings. The molecule has 0 aliphatic heterocycles. The summed E-state index contributed by atoms with van der Waals surface area (Å²) in [7, 11) is 0. The van der Waals surface area contributed by atoms with E-state index in [2.05, 4.69) is 81.5 Å². The van der Waals surface area contributed by atoms with E-state index in [-0.39, 0.29) is 37.5 Å². The third kappa shape index (κ3) is 63.8. The second-order valence-corrected chi connectivity index (χ2v) is 22.7. The molecule has 6 nitrogen and oxygen atoms in total. The molecule has 0 heterocycles. The Morgan fingerprint density at radius 1 is 0.273 bits per heavy atom. The van der Waals surface area contributed by atoms with Crippen molar-refractivity contribution in [2.24, 2.45) is 0 Å². The lowest BCUT2D eigenvalue weighted by Crippen LogP contribution is -2.30. The zero-order valence-electron chi connectivity index (χ0n) is 51.5. The Hall–Kier alpha value is -2.89. The number of carbonyl (C=O) groups is 3. The Morgan fingerprint density at radius 3 is 0.779 bits per heavy atom. The monoisotopic (exact) mass is 1080 g/mol. The van der Waals surface area contributed by atoms with E-state index >= 15 is 0 Å². The molecule has 0 fully saturated rings. The van der Waals surface area contributed by atoms with Crippen LogP contribution in [0.25, 0.3) is 0 Å². The van der Waals surface area contributed by atoms with Gasteiger partial charge in [-0.25, -0.2) is 0 Å². The van der Waals surface area contributed by atoms with Crippen molar-refractivity contribution in [3.05, 3.63) is 60.8 Å². The molecule has 0 atom stereocenters. The number of ether oxygens (including phenoxy) is 3. The predicted octanol–water partition coefficient (Wildman–Crippen LogP) is 23.1. The average Bonchev–Trinajstić information content (AvgIpc) is 3.43. The smallest absolute Gasteiger partial charge is 0.306 e. The van der Waals surface area contributed by atoms with Gasteiger partial charge in [0.15, 0.2) is 6.10 Å². The fourth-order valence-electron chi connectivity index (χ4n) is 10.0. The number of hydrogen-bond acceptors (Lipinski definition) is 6. The first-order chi connectivity index (χ1) is 38.0. The van der Waals surface area contributed by atoms with Crippen molar-refractivity contribution < 1.29 is 28.6 Å². The quantitative estimate of drug-likeness (QED) is 0.0261. The Labute approximate surface area is 479 Å². The summed E-state index contributed by atoms with van der Waals surface area (Å²) in [5.74, 6) is -0.926. The molecule has 0 aliphatic carbocycles. The van der Waals surface area contributed by atoms with Crippen molar-refractivity contribution in [2.45, 2.75) is 361 Å². The first kappa shape index (κ1) is 74.1. The molecule has 6 heteroatoms. The highest BCUT2D eigenvalue weighted by Crippen LogP contribution is 2.18. The molecule has 0 aromatic carbocycles. The first-order valence-electron chi connectivity index (χ1n) is 33.8. The molecule has 0 radical (unpaired) electrons. The van der Waals surface area contributed by atoms with Crippen LogP contribution in [-0.4, -0.2) is 37.2 Å². The molecule has 0 spiro atoms. The summed E-state index contributed by atoms with van der Waals surface area (Å²) in [4.78, 5) is 38.4. The van der Waals surface area contributed by atoms with Gasteiger partial charge in [-0.15, -0.1) is 0 Å². The summed E-state index contributed by atoms with van der Waals surface area (Å²) in [6.07, 6.45) is 83.9. The van der Waals surface area contributed by atoms with Gasteiger partial charge < -0.3 is 14.2 Å². The van der Waals surface area contributed by atoms with Crippen molar-refractivity contribution in [3.8, 4) is 0 Å². The number of unbranched alkanes of at least 4 members (excludes halogenated alkanes) is 41. The summed E-state index contributed by atoms with van der Waals surface area (Å²) < 4.78 is 16.9. The molecule has 0 aromatic rings. The molecule has 0 saturated carbocycles. The molecule has 0 rings (SSSR count). The second-order valence-electron chi connectivity index (χ2n) is 22.7. The van der Waals surface area contributed by atoms with Crippen molar-refractivity contribution in [3.63, 3.8) is 0 Å². The average molecular weight is 1080 g/mol. The van der Waals surface area contributed by atoms with Gasteiger partial charge >= 0.3 is 17.9 Å². The van der Waals surface area contributed by atoms with Gasteiger partial charge in [0.1, 0.15) is 13.2 Å². The minimum atomic E-state index is -0.802. The largest absolute Gasteiger partial charge is 0.462 e. The normalized spacial score (nSPS) is 12.1. The minimum Gasteiger partial charge on any atom is -0.462 e. The Morgan fingerprint density at radius 2 is 0.506 bits per heavy atom. The zero-order valence-corrected chi connectivity index (χ0v) is 51.5. The van der Waals surface area contributed by atoms with E-state index < -0.39 is 6.10 Å². The number of hydrogen-bond donors (Lipinski definition) is 0. The van der Waals surface area contributed by atoms with E-state index in [0.717, 1.165) is 77.0 Å². The number of allylic oxidation sites excluding steroid dienone is 10. The highest BCUT2D eigenvalue weighted by atomic mass is 16.6. The lowest BCUT2D eigenvalue weighted by molar-refractivity contribution is -0.167. The summed E-state index contributed by atoms with van der Waals surface area (Å²) >= 11 is 0. The van der Waals surface area contributed by atoms with E-state index in [1.807, 2.05) is 0 Å². The Balaban J connectivity index is 4.36. The maximum atomic E-state index is 12.9. The van der Waals surface area contributed by atoms with Crippen LogP contribution in [0.3, 0.4) is 0 Å². The third-order valence-corrected chi connectivity index (χ3v) is 15.0. The molecular formula is C71H128O6. The van der Waals surface area contributed by atoms with Gasteiger partial charge in [-0.05, 0) is 57.8 Å². The van der Waals surface area contributed by atoms with Gasteiger partial charge in [-0.2, -0.15) is 0 Å². The van der Waals surface area contributed by atoms with Crippen LogP contribution < -0.4 is 0 Å². The molecule has 0 unspecified atom stereocenters. The van der Waals surface area contributed by atoms with Crippen LogP contribution in [0.4, 0.5) is 0 Å². The van der Waals surface area contributed by atoms with Crippen molar-refractivity contribution in [1.29, 1.82) is 0 Å². The van der Waals surface area contributed by atoms with E-state index in [4.69, 9.17) is 14.2 Å². The number of rotatable bonds is 62. The molecule has 0 bridgehead atoms. The van der Waals surface area contributed by atoms with Gasteiger partial charge in [0.2, 0.25) is 0 Å². The van der Waals surface area contributed by atoms with Gasteiger partial charge in [0.25, 0.3) is 0 Å². The van der Waals surface area contributed by atoms with Crippen LogP contribution in [0.5, 0.6) is 0 Å². The fourth-order valence-corrected chi connectivity index (χ4v) is 10.0. The fraction of sp³-hybridized carbons (Fsp3) is 0.817.